The van der Waals surface area contributed by atoms with Gasteiger partial charge in [0.15, 0.2) is 0 Å². The normalized spacial score (nSPS) is 9.75. The van der Waals surface area contributed by atoms with Crippen molar-refractivity contribution in [1.82, 2.24) is 15.1 Å². The molecule has 0 aromatic carbocycles. The van der Waals surface area contributed by atoms with Crippen LogP contribution in [0.3, 0.4) is 0 Å². The SMILES string of the molecule is COCCNC(=O)n1[c]ccn1. The van der Waals surface area contributed by atoms with Gasteiger partial charge >= 0.3 is 6.03 Å². The Bertz CT molecular complexity index is 233. The first kappa shape index (κ1) is 8.73. The van der Waals surface area contributed by atoms with Crippen LogP contribution in [0.25, 0.3) is 0 Å². The highest BCUT2D eigenvalue weighted by Crippen LogP contribution is 1.81. The van der Waals surface area contributed by atoms with Crippen LogP contribution >= 0.6 is 0 Å². The smallest absolute Gasteiger partial charge is 0.342 e. The van der Waals surface area contributed by atoms with Crippen LogP contribution < -0.4 is 5.32 Å². The number of aromatic nitrogens is 2. The van der Waals surface area contributed by atoms with Crippen LogP contribution in [0.1, 0.15) is 0 Å². The van der Waals surface area contributed by atoms with Gasteiger partial charge in [-0.1, -0.05) is 0 Å². The molecule has 1 N–H and O–H groups in total. The fourth-order valence-electron chi connectivity index (χ4n) is 0.683. The maximum absolute atomic E-state index is 11.1. The molecule has 0 aliphatic heterocycles. The molecule has 0 saturated carbocycles. The molecule has 0 atom stereocenters. The summed E-state index contributed by atoms with van der Waals surface area (Å²) in [5, 5.41) is 6.29. The summed E-state index contributed by atoms with van der Waals surface area (Å²) in [4.78, 5) is 11.1. The maximum atomic E-state index is 11.1. The molecule has 5 nitrogen and oxygen atoms in total. The monoisotopic (exact) mass is 168 g/mol. The van der Waals surface area contributed by atoms with E-state index in [0.717, 1.165) is 4.68 Å². The van der Waals surface area contributed by atoms with Crippen molar-refractivity contribution < 1.29 is 9.53 Å². The number of rotatable bonds is 3. The van der Waals surface area contributed by atoms with E-state index in [-0.39, 0.29) is 6.03 Å². The maximum Gasteiger partial charge on any atom is 0.342 e. The third-order valence-corrected chi connectivity index (χ3v) is 1.23. The highest BCUT2D eigenvalue weighted by atomic mass is 16.5. The van der Waals surface area contributed by atoms with Gasteiger partial charge in [0.2, 0.25) is 0 Å². The van der Waals surface area contributed by atoms with Gasteiger partial charge < -0.3 is 10.1 Å². The lowest BCUT2D eigenvalue weighted by molar-refractivity contribution is 0.195. The van der Waals surface area contributed by atoms with Crippen molar-refractivity contribution in [2.45, 2.75) is 0 Å². The van der Waals surface area contributed by atoms with Crippen molar-refractivity contribution in [3.05, 3.63) is 18.5 Å². The molecule has 1 aromatic heterocycles. The topological polar surface area (TPSA) is 56.1 Å². The molecule has 5 heteroatoms. The zero-order chi connectivity index (χ0) is 8.81. The van der Waals surface area contributed by atoms with Crippen LogP contribution in [-0.4, -0.2) is 36.1 Å². The first-order valence-electron chi connectivity index (χ1n) is 3.53. The van der Waals surface area contributed by atoms with E-state index in [1.807, 2.05) is 0 Å². The number of carbonyl (C=O) groups excluding carboxylic acids is 1. The summed E-state index contributed by atoms with van der Waals surface area (Å²) in [6.45, 7) is 0.968. The van der Waals surface area contributed by atoms with E-state index in [2.05, 4.69) is 16.6 Å². The minimum Gasteiger partial charge on any atom is -0.383 e. The van der Waals surface area contributed by atoms with E-state index >= 15 is 0 Å². The van der Waals surface area contributed by atoms with Gasteiger partial charge in [-0.15, -0.1) is 0 Å². The molecule has 65 valence electrons. The Kier molecular flexibility index (Phi) is 3.28. The minimum atomic E-state index is -0.294. The van der Waals surface area contributed by atoms with E-state index in [9.17, 15) is 4.79 Å². The van der Waals surface area contributed by atoms with Crippen molar-refractivity contribution in [3.8, 4) is 0 Å². The van der Waals surface area contributed by atoms with Crippen LogP contribution in [0, 0.1) is 6.20 Å². The molecule has 0 aliphatic carbocycles. The Morgan fingerprint density at radius 1 is 1.83 bits per heavy atom. The predicted molar refractivity (Wildman–Crippen MR) is 41.7 cm³/mol. The average Bonchev–Trinajstić information content (AvgIpc) is 2.56. The molecule has 0 unspecified atom stereocenters. The molecule has 0 fully saturated rings. The van der Waals surface area contributed by atoms with Crippen LogP contribution in [-0.2, 0) is 4.74 Å². The van der Waals surface area contributed by atoms with Gasteiger partial charge in [0, 0.05) is 13.7 Å². The molecular formula is C7H10N3O2. The van der Waals surface area contributed by atoms with Gasteiger partial charge in [-0.3, -0.25) is 0 Å². The number of hydrogen-bond acceptors (Lipinski definition) is 3. The highest BCUT2D eigenvalue weighted by Gasteiger charge is 2.01. The summed E-state index contributed by atoms with van der Waals surface area (Å²) in [5.74, 6) is 0. The zero-order valence-corrected chi connectivity index (χ0v) is 6.78. The number of ether oxygens (including phenoxy) is 1. The molecular weight excluding hydrogens is 158 g/mol. The van der Waals surface area contributed by atoms with Gasteiger partial charge in [-0.25, -0.2) is 4.79 Å². The van der Waals surface area contributed by atoms with Crippen molar-refractivity contribution in [2.75, 3.05) is 20.3 Å². The number of amides is 1. The van der Waals surface area contributed by atoms with Crippen LogP contribution in [0.5, 0.6) is 0 Å². The second kappa shape index (κ2) is 4.50. The van der Waals surface area contributed by atoms with Crippen molar-refractivity contribution >= 4 is 6.03 Å². The first-order valence-corrected chi connectivity index (χ1v) is 3.53. The molecule has 12 heavy (non-hydrogen) atoms. The summed E-state index contributed by atoms with van der Waals surface area (Å²) in [5.41, 5.74) is 0. The highest BCUT2D eigenvalue weighted by molar-refractivity contribution is 5.75. The fraction of sp³-hybridized carbons (Fsp3) is 0.429. The quantitative estimate of drug-likeness (QED) is 0.640. The third-order valence-electron chi connectivity index (χ3n) is 1.23. The lowest BCUT2D eigenvalue weighted by Crippen LogP contribution is -2.31. The first-order chi connectivity index (χ1) is 5.84. The van der Waals surface area contributed by atoms with Crippen molar-refractivity contribution in [3.63, 3.8) is 0 Å². The number of nitrogens with zero attached hydrogens (tertiary/aromatic N) is 2. The van der Waals surface area contributed by atoms with Gasteiger partial charge in [-0.2, -0.15) is 9.78 Å². The van der Waals surface area contributed by atoms with E-state index < -0.39 is 0 Å². The Balaban J connectivity index is 2.30. The lowest BCUT2D eigenvalue weighted by Gasteiger charge is -2.02. The molecule has 1 amide bonds. The van der Waals surface area contributed by atoms with Gasteiger partial charge in [0.25, 0.3) is 0 Å². The summed E-state index contributed by atoms with van der Waals surface area (Å²) in [6, 6.07) is 1.27. The van der Waals surface area contributed by atoms with Crippen molar-refractivity contribution in [2.24, 2.45) is 0 Å². The van der Waals surface area contributed by atoms with E-state index in [4.69, 9.17) is 4.74 Å². The average molecular weight is 168 g/mol. The molecule has 0 spiro atoms. The third kappa shape index (κ3) is 2.35. The number of hydrogen-bond donors (Lipinski definition) is 1. The number of nitrogens with one attached hydrogen (secondary N) is 1. The molecule has 1 radical (unpaired) electrons. The number of carbonyl (C=O) groups is 1. The van der Waals surface area contributed by atoms with Crippen LogP contribution in [0.2, 0.25) is 0 Å². The Labute approximate surface area is 70.3 Å². The molecule has 1 rings (SSSR count). The Morgan fingerprint density at radius 2 is 2.67 bits per heavy atom. The van der Waals surface area contributed by atoms with Crippen LogP contribution in [0.4, 0.5) is 4.79 Å². The predicted octanol–water partition coefficient (Wildman–Crippen LogP) is -0.113. The number of methoxy groups -OCH3 is 1. The van der Waals surface area contributed by atoms with E-state index in [1.165, 1.54) is 6.20 Å². The minimum absolute atomic E-state index is 0.294. The molecule has 0 saturated heterocycles. The second-order valence-electron chi connectivity index (χ2n) is 2.10. The summed E-state index contributed by atoms with van der Waals surface area (Å²) in [6.07, 6.45) is 4.11. The standard InChI is InChI=1S/C7H10N3O2/c1-12-6-4-8-7(11)10-5-2-3-9-10/h2-3H,4,6H2,1H3,(H,8,11). The molecule has 0 bridgehead atoms. The van der Waals surface area contributed by atoms with Crippen molar-refractivity contribution in [1.29, 1.82) is 0 Å². The molecule has 0 aliphatic rings. The molecule has 1 aromatic rings. The summed E-state index contributed by atoms with van der Waals surface area (Å²) >= 11 is 0. The van der Waals surface area contributed by atoms with E-state index in [1.54, 1.807) is 13.2 Å². The zero-order valence-electron chi connectivity index (χ0n) is 6.78. The van der Waals surface area contributed by atoms with Gasteiger partial charge in [-0.05, 0) is 6.07 Å². The largest absolute Gasteiger partial charge is 0.383 e. The Morgan fingerprint density at radius 3 is 3.25 bits per heavy atom. The van der Waals surface area contributed by atoms with Gasteiger partial charge in [0.05, 0.1) is 19.0 Å². The van der Waals surface area contributed by atoms with Crippen LogP contribution in [0.15, 0.2) is 12.3 Å². The second-order valence-corrected chi connectivity index (χ2v) is 2.10. The molecule has 1 heterocycles. The Hall–Kier alpha value is -1.36. The van der Waals surface area contributed by atoms with Gasteiger partial charge in [0.1, 0.15) is 0 Å². The summed E-state index contributed by atoms with van der Waals surface area (Å²) < 4.78 is 5.86. The summed E-state index contributed by atoms with van der Waals surface area (Å²) in [7, 11) is 1.58. The van der Waals surface area contributed by atoms with E-state index in [0.29, 0.717) is 13.2 Å². The fourth-order valence-corrected chi connectivity index (χ4v) is 0.683. The lowest BCUT2D eigenvalue weighted by atomic mass is 10.7.